The first-order valence-electron chi connectivity index (χ1n) is 5.65. The molecule has 0 unspecified atom stereocenters. The average molecular weight is 213 g/mol. The Balaban J connectivity index is 2.07. The molecular weight excluding hydrogens is 198 g/mol. The van der Waals surface area contributed by atoms with Crippen LogP contribution in [0.15, 0.2) is 36.5 Å². The number of nitrogens with one attached hydrogen (secondary N) is 1. The Labute approximate surface area is 94.7 Å². The van der Waals surface area contributed by atoms with E-state index in [0.717, 1.165) is 5.69 Å². The molecule has 16 heavy (non-hydrogen) atoms. The van der Waals surface area contributed by atoms with Gasteiger partial charge < -0.3 is 5.73 Å². The van der Waals surface area contributed by atoms with Crippen LogP contribution in [-0.2, 0) is 5.41 Å². The van der Waals surface area contributed by atoms with E-state index in [2.05, 4.69) is 22.3 Å². The highest BCUT2D eigenvalue weighted by Crippen LogP contribution is 2.49. The third kappa shape index (κ3) is 1.36. The van der Waals surface area contributed by atoms with E-state index in [1.54, 1.807) is 0 Å². The minimum atomic E-state index is 0.193. The van der Waals surface area contributed by atoms with E-state index < -0.39 is 0 Å². The standard InChI is InChI=1S/C13H15N3/c14-9-13(6-7-13)11-8-15-16-12(11)10-4-2-1-3-5-10/h1-5,8H,6-7,9,14H2,(H,15,16). The van der Waals surface area contributed by atoms with Gasteiger partial charge in [-0.1, -0.05) is 30.3 Å². The van der Waals surface area contributed by atoms with Crippen LogP contribution in [0.25, 0.3) is 11.3 Å². The first-order chi connectivity index (χ1) is 7.86. The summed E-state index contributed by atoms with van der Waals surface area (Å²) in [5, 5.41) is 7.27. The number of nitrogens with zero attached hydrogens (tertiary/aromatic N) is 1. The van der Waals surface area contributed by atoms with Crippen molar-refractivity contribution >= 4 is 0 Å². The lowest BCUT2D eigenvalue weighted by atomic mass is 9.94. The van der Waals surface area contributed by atoms with E-state index >= 15 is 0 Å². The first kappa shape index (κ1) is 9.60. The molecule has 0 radical (unpaired) electrons. The van der Waals surface area contributed by atoms with E-state index in [-0.39, 0.29) is 5.41 Å². The second kappa shape index (κ2) is 3.46. The summed E-state index contributed by atoms with van der Waals surface area (Å²) in [6.45, 7) is 0.715. The monoisotopic (exact) mass is 213 g/mol. The molecule has 0 bridgehead atoms. The van der Waals surface area contributed by atoms with Gasteiger partial charge in [0.2, 0.25) is 0 Å². The summed E-state index contributed by atoms with van der Waals surface area (Å²) >= 11 is 0. The number of aromatic nitrogens is 2. The lowest BCUT2D eigenvalue weighted by Gasteiger charge is -2.12. The Morgan fingerprint density at radius 3 is 2.62 bits per heavy atom. The quantitative estimate of drug-likeness (QED) is 0.820. The fraction of sp³-hybridized carbons (Fsp3) is 0.308. The predicted octanol–water partition coefficient (Wildman–Crippen LogP) is 2.07. The first-order valence-corrected chi connectivity index (χ1v) is 5.65. The normalized spacial score (nSPS) is 17.3. The predicted molar refractivity (Wildman–Crippen MR) is 64.0 cm³/mol. The molecule has 0 aliphatic heterocycles. The van der Waals surface area contributed by atoms with Gasteiger partial charge >= 0.3 is 0 Å². The lowest BCUT2D eigenvalue weighted by Crippen LogP contribution is -2.19. The third-order valence-corrected chi connectivity index (χ3v) is 3.52. The van der Waals surface area contributed by atoms with Crippen molar-refractivity contribution in [2.24, 2.45) is 5.73 Å². The highest BCUT2D eigenvalue weighted by atomic mass is 15.1. The van der Waals surface area contributed by atoms with Gasteiger partial charge in [-0.05, 0) is 18.4 Å². The van der Waals surface area contributed by atoms with Crippen molar-refractivity contribution in [3.05, 3.63) is 42.1 Å². The maximum absolute atomic E-state index is 5.87. The van der Waals surface area contributed by atoms with Gasteiger partial charge in [0.15, 0.2) is 0 Å². The lowest BCUT2D eigenvalue weighted by molar-refractivity contribution is 0.707. The van der Waals surface area contributed by atoms with Gasteiger partial charge in [0.25, 0.3) is 0 Å². The molecule has 2 aromatic rings. The molecule has 3 N–H and O–H groups in total. The number of hydrogen-bond acceptors (Lipinski definition) is 2. The minimum absolute atomic E-state index is 0.193. The fourth-order valence-corrected chi connectivity index (χ4v) is 2.25. The van der Waals surface area contributed by atoms with Crippen molar-refractivity contribution in [1.29, 1.82) is 0 Å². The van der Waals surface area contributed by atoms with Crippen LogP contribution in [0, 0.1) is 0 Å². The molecule has 1 saturated carbocycles. The summed E-state index contributed by atoms with van der Waals surface area (Å²) in [7, 11) is 0. The molecule has 0 amide bonds. The average Bonchev–Trinajstić information content (AvgIpc) is 2.99. The van der Waals surface area contributed by atoms with E-state index in [1.807, 2.05) is 24.4 Å². The number of hydrogen-bond donors (Lipinski definition) is 2. The van der Waals surface area contributed by atoms with Crippen LogP contribution in [0.3, 0.4) is 0 Å². The van der Waals surface area contributed by atoms with Gasteiger partial charge in [-0.2, -0.15) is 5.10 Å². The summed E-state index contributed by atoms with van der Waals surface area (Å²) in [4.78, 5) is 0. The van der Waals surface area contributed by atoms with Crippen LogP contribution in [0.1, 0.15) is 18.4 Å². The zero-order valence-electron chi connectivity index (χ0n) is 9.11. The minimum Gasteiger partial charge on any atom is -0.330 e. The third-order valence-electron chi connectivity index (χ3n) is 3.52. The molecular formula is C13H15N3. The Kier molecular flexibility index (Phi) is 2.07. The maximum atomic E-state index is 5.87. The van der Waals surface area contributed by atoms with Crippen LogP contribution in [0.5, 0.6) is 0 Å². The van der Waals surface area contributed by atoms with E-state index in [1.165, 1.54) is 24.0 Å². The molecule has 0 saturated heterocycles. The van der Waals surface area contributed by atoms with Crippen LogP contribution >= 0.6 is 0 Å². The Bertz CT molecular complexity index is 483. The number of aromatic amines is 1. The Morgan fingerprint density at radius 1 is 1.25 bits per heavy atom. The van der Waals surface area contributed by atoms with Crippen LogP contribution in [-0.4, -0.2) is 16.7 Å². The Morgan fingerprint density at radius 2 is 2.00 bits per heavy atom. The fourth-order valence-electron chi connectivity index (χ4n) is 2.25. The molecule has 1 heterocycles. The van der Waals surface area contributed by atoms with Crippen molar-refractivity contribution in [3.8, 4) is 11.3 Å². The summed E-state index contributed by atoms with van der Waals surface area (Å²) in [5.74, 6) is 0. The second-order valence-corrected chi connectivity index (χ2v) is 4.51. The maximum Gasteiger partial charge on any atom is 0.0688 e. The van der Waals surface area contributed by atoms with Crippen molar-refractivity contribution < 1.29 is 0 Å². The number of rotatable bonds is 3. The molecule has 3 heteroatoms. The van der Waals surface area contributed by atoms with E-state index in [4.69, 9.17) is 5.73 Å². The number of H-pyrrole nitrogens is 1. The van der Waals surface area contributed by atoms with Crippen molar-refractivity contribution in [1.82, 2.24) is 10.2 Å². The van der Waals surface area contributed by atoms with E-state index in [9.17, 15) is 0 Å². The zero-order valence-corrected chi connectivity index (χ0v) is 9.11. The summed E-state index contributed by atoms with van der Waals surface area (Å²) in [6.07, 6.45) is 4.30. The SMILES string of the molecule is NCC1(c2cn[nH]c2-c2ccccc2)CC1. The number of nitrogens with two attached hydrogens (primary N) is 1. The van der Waals surface area contributed by atoms with Crippen molar-refractivity contribution in [2.75, 3.05) is 6.54 Å². The molecule has 82 valence electrons. The van der Waals surface area contributed by atoms with Gasteiger partial charge in [-0.25, -0.2) is 0 Å². The van der Waals surface area contributed by atoms with Crippen LogP contribution in [0.2, 0.25) is 0 Å². The molecule has 0 spiro atoms. The highest BCUT2D eigenvalue weighted by Gasteiger charge is 2.45. The topological polar surface area (TPSA) is 54.7 Å². The van der Waals surface area contributed by atoms with Gasteiger partial charge in [0.1, 0.15) is 0 Å². The summed E-state index contributed by atoms with van der Waals surface area (Å²) < 4.78 is 0. The van der Waals surface area contributed by atoms with Crippen LogP contribution in [0.4, 0.5) is 0 Å². The molecule has 3 rings (SSSR count). The largest absolute Gasteiger partial charge is 0.330 e. The summed E-state index contributed by atoms with van der Waals surface area (Å²) in [6, 6.07) is 10.3. The smallest absolute Gasteiger partial charge is 0.0688 e. The highest BCUT2D eigenvalue weighted by molar-refractivity contribution is 5.65. The molecule has 1 aromatic carbocycles. The van der Waals surface area contributed by atoms with Crippen LogP contribution < -0.4 is 5.73 Å². The molecule has 3 nitrogen and oxygen atoms in total. The molecule has 1 aliphatic carbocycles. The van der Waals surface area contributed by atoms with Crippen molar-refractivity contribution in [2.45, 2.75) is 18.3 Å². The second-order valence-electron chi connectivity index (χ2n) is 4.51. The molecule has 1 aromatic heterocycles. The zero-order chi connectivity index (χ0) is 11.0. The number of benzene rings is 1. The van der Waals surface area contributed by atoms with Gasteiger partial charge in [0, 0.05) is 17.5 Å². The Hall–Kier alpha value is -1.61. The van der Waals surface area contributed by atoms with E-state index in [0.29, 0.717) is 6.54 Å². The van der Waals surface area contributed by atoms with Gasteiger partial charge in [-0.3, -0.25) is 5.10 Å². The van der Waals surface area contributed by atoms with Gasteiger partial charge in [0.05, 0.1) is 11.9 Å². The molecule has 1 fully saturated rings. The van der Waals surface area contributed by atoms with Crippen molar-refractivity contribution in [3.63, 3.8) is 0 Å². The van der Waals surface area contributed by atoms with Gasteiger partial charge in [-0.15, -0.1) is 0 Å². The molecule has 0 atom stereocenters. The molecule has 1 aliphatic rings. The summed E-state index contributed by atoms with van der Waals surface area (Å²) in [5.41, 5.74) is 9.65.